The standard InChI is InChI=1S/C7H10O2.2C2H6/c1-9-7-5-3-2-4-6(7)8;2*1-2/h4-5,8H,2-3H2,1H3;2*1-2H3. The third-order valence-electron chi connectivity index (χ3n) is 1.31. The van der Waals surface area contributed by atoms with Crippen molar-refractivity contribution in [3.8, 4) is 0 Å². The van der Waals surface area contributed by atoms with Crippen LogP contribution in [0.25, 0.3) is 0 Å². The van der Waals surface area contributed by atoms with Crippen molar-refractivity contribution in [1.29, 1.82) is 0 Å². The first-order chi connectivity index (χ1) is 6.34. The van der Waals surface area contributed by atoms with E-state index < -0.39 is 0 Å². The number of methoxy groups -OCH3 is 1. The van der Waals surface area contributed by atoms with E-state index in [-0.39, 0.29) is 5.76 Å². The number of ether oxygens (including phenoxy) is 1. The molecule has 0 atom stereocenters. The van der Waals surface area contributed by atoms with Gasteiger partial charge in [-0.2, -0.15) is 0 Å². The van der Waals surface area contributed by atoms with Crippen LogP contribution in [-0.2, 0) is 4.74 Å². The Bertz CT molecular complexity index is 157. The molecule has 0 saturated heterocycles. The molecule has 13 heavy (non-hydrogen) atoms. The maximum atomic E-state index is 9.04. The Balaban J connectivity index is 0. The van der Waals surface area contributed by atoms with Crippen molar-refractivity contribution >= 4 is 0 Å². The molecule has 2 nitrogen and oxygen atoms in total. The number of hydrogen-bond acceptors (Lipinski definition) is 2. The number of hydrogen-bond donors (Lipinski definition) is 1. The van der Waals surface area contributed by atoms with Gasteiger partial charge in [-0.3, -0.25) is 0 Å². The van der Waals surface area contributed by atoms with Gasteiger partial charge in [0, 0.05) is 0 Å². The molecular formula is C11H22O2. The molecular weight excluding hydrogens is 164 g/mol. The minimum Gasteiger partial charge on any atom is -0.504 e. The normalized spacial score (nSPS) is 13.6. The highest BCUT2D eigenvalue weighted by molar-refractivity contribution is 5.21. The van der Waals surface area contributed by atoms with E-state index in [1.165, 1.54) is 0 Å². The van der Waals surface area contributed by atoms with Crippen molar-refractivity contribution in [2.75, 3.05) is 7.11 Å². The van der Waals surface area contributed by atoms with E-state index in [0.29, 0.717) is 5.76 Å². The van der Waals surface area contributed by atoms with Crippen molar-refractivity contribution in [3.05, 3.63) is 23.7 Å². The third-order valence-corrected chi connectivity index (χ3v) is 1.31. The fourth-order valence-corrected chi connectivity index (χ4v) is 0.828. The van der Waals surface area contributed by atoms with Gasteiger partial charge in [-0.05, 0) is 25.0 Å². The molecule has 1 aliphatic rings. The third kappa shape index (κ3) is 6.26. The molecule has 1 rings (SSSR count). The van der Waals surface area contributed by atoms with Crippen LogP contribution >= 0.6 is 0 Å². The summed E-state index contributed by atoms with van der Waals surface area (Å²) in [6.07, 6.45) is 5.53. The van der Waals surface area contributed by atoms with Gasteiger partial charge in [-0.1, -0.05) is 27.7 Å². The lowest BCUT2D eigenvalue weighted by Gasteiger charge is -2.08. The molecule has 0 aromatic carbocycles. The second-order valence-electron chi connectivity index (χ2n) is 1.94. The molecule has 2 heteroatoms. The van der Waals surface area contributed by atoms with Crippen LogP contribution in [0.15, 0.2) is 23.7 Å². The predicted octanol–water partition coefficient (Wildman–Crippen LogP) is 3.80. The van der Waals surface area contributed by atoms with Crippen LogP contribution < -0.4 is 0 Å². The van der Waals surface area contributed by atoms with Crippen molar-refractivity contribution < 1.29 is 9.84 Å². The van der Waals surface area contributed by atoms with Crippen LogP contribution in [-0.4, -0.2) is 12.2 Å². The number of allylic oxidation sites excluding steroid dienone is 2. The van der Waals surface area contributed by atoms with E-state index in [9.17, 15) is 0 Å². The van der Waals surface area contributed by atoms with Crippen LogP contribution in [0.4, 0.5) is 0 Å². The Morgan fingerprint density at radius 1 is 1.08 bits per heavy atom. The van der Waals surface area contributed by atoms with Crippen LogP contribution in [0.3, 0.4) is 0 Å². The predicted molar refractivity (Wildman–Crippen MR) is 57.7 cm³/mol. The molecule has 0 aromatic heterocycles. The molecule has 0 amide bonds. The van der Waals surface area contributed by atoms with Gasteiger partial charge in [-0.25, -0.2) is 0 Å². The van der Waals surface area contributed by atoms with Gasteiger partial charge in [0.1, 0.15) is 0 Å². The number of aliphatic hydroxyl groups excluding tert-OH is 1. The summed E-state index contributed by atoms with van der Waals surface area (Å²) in [5.74, 6) is 0.866. The van der Waals surface area contributed by atoms with Gasteiger partial charge in [0.05, 0.1) is 7.11 Å². The lowest BCUT2D eigenvalue weighted by molar-refractivity contribution is 0.251. The Hall–Kier alpha value is -0.920. The molecule has 1 N–H and O–H groups in total. The summed E-state index contributed by atoms with van der Waals surface area (Å²) in [6.45, 7) is 8.00. The molecule has 0 saturated carbocycles. The second kappa shape index (κ2) is 11.1. The van der Waals surface area contributed by atoms with Gasteiger partial charge in [0.15, 0.2) is 11.5 Å². The Kier molecular flexibility index (Phi) is 12.4. The minimum absolute atomic E-state index is 0.267. The molecule has 0 unspecified atom stereocenters. The highest BCUT2D eigenvalue weighted by Crippen LogP contribution is 2.15. The van der Waals surface area contributed by atoms with Crippen molar-refractivity contribution in [2.45, 2.75) is 40.5 Å². The zero-order valence-corrected chi connectivity index (χ0v) is 9.42. The fourth-order valence-electron chi connectivity index (χ4n) is 0.828. The first kappa shape index (κ1) is 14.6. The highest BCUT2D eigenvalue weighted by Gasteiger charge is 2.04. The average molecular weight is 186 g/mol. The lowest BCUT2D eigenvalue weighted by Crippen LogP contribution is -1.95. The quantitative estimate of drug-likeness (QED) is 0.674. The molecule has 0 spiro atoms. The maximum absolute atomic E-state index is 9.04. The first-order valence-electron chi connectivity index (χ1n) is 4.98. The molecule has 1 aliphatic carbocycles. The lowest BCUT2D eigenvalue weighted by atomic mass is 10.1. The Morgan fingerprint density at radius 3 is 1.85 bits per heavy atom. The summed E-state index contributed by atoms with van der Waals surface area (Å²) >= 11 is 0. The molecule has 0 radical (unpaired) electrons. The van der Waals surface area contributed by atoms with Gasteiger partial charge in [0.2, 0.25) is 0 Å². The largest absolute Gasteiger partial charge is 0.504 e. The smallest absolute Gasteiger partial charge is 0.156 e. The fraction of sp³-hybridized carbons (Fsp3) is 0.636. The molecule has 0 fully saturated rings. The summed E-state index contributed by atoms with van der Waals surface area (Å²) in [4.78, 5) is 0. The number of rotatable bonds is 1. The number of aliphatic hydroxyl groups is 1. The van der Waals surface area contributed by atoms with Gasteiger partial charge in [0.25, 0.3) is 0 Å². The van der Waals surface area contributed by atoms with E-state index in [1.54, 1.807) is 13.2 Å². The van der Waals surface area contributed by atoms with Crippen molar-refractivity contribution in [1.82, 2.24) is 0 Å². The summed E-state index contributed by atoms with van der Waals surface area (Å²) in [6, 6.07) is 0. The van der Waals surface area contributed by atoms with Gasteiger partial charge < -0.3 is 9.84 Å². The molecule has 0 aromatic rings. The minimum atomic E-state index is 0.267. The second-order valence-corrected chi connectivity index (χ2v) is 1.94. The maximum Gasteiger partial charge on any atom is 0.156 e. The van der Waals surface area contributed by atoms with Crippen molar-refractivity contribution in [2.24, 2.45) is 0 Å². The van der Waals surface area contributed by atoms with E-state index >= 15 is 0 Å². The molecule has 0 heterocycles. The zero-order chi connectivity index (χ0) is 10.7. The monoisotopic (exact) mass is 186 g/mol. The van der Waals surface area contributed by atoms with Crippen LogP contribution in [0, 0.1) is 0 Å². The summed E-state index contributed by atoms with van der Waals surface area (Å²) < 4.78 is 4.85. The highest BCUT2D eigenvalue weighted by atomic mass is 16.5. The van der Waals surface area contributed by atoms with Crippen LogP contribution in [0.5, 0.6) is 0 Å². The van der Waals surface area contributed by atoms with Crippen molar-refractivity contribution in [3.63, 3.8) is 0 Å². The van der Waals surface area contributed by atoms with E-state index in [1.807, 2.05) is 33.8 Å². The molecule has 0 bridgehead atoms. The average Bonchev–Trinajstić information content (AvgIpc) is 2.24. The summed E-state index contributed by atoms with van der Waals surface area (Å²) in [5, 5.41) is 9.04. The van der Waals surface area contributed by atoms with Gasteiger partial charge >= 0.3 is 0 Å². The summed E-state index contributed by atoms with van der Waals surface area (Å²) in [5.41, 5.74) is 0. The topological polar surface area (TPSA) is 29.5 Å². The first-order valence-corrected chi connectivity index (χ1v) is 4.98. The zero-order valence-electron chi connectivity index (χ0n) is 9.42. The molecule has 78 valence electrons. The summed E-state index contributed by atoms with van der Waals surface area (Å²) in [7, 11) is 1.56. The van der Waals surface area contributed by atoms with Gasteiger partial charge in [-0.15, -0.1) is 0 Å². The van der Waals surface area contributed by atoms with E-state index in [2.05, 4.69) is 0 Å². The Labute approximate surface area is 81.9 Å². The van der Waals surface area contributed by atoms with Crippen LogP contribution in [0.2, 0.25) is 0 Å². The Morgan fingerprint density at radius 2 is 1.54 bits per heavy atom. The molecule has 0 aliphatic heterocycles. The van der Waals surface area contributed by atoms with Crippen LogP contribution in [0.1, 0.15) is 40.5 Å². The van der Waals surface area contributed by atoms with E-state index in [0.717, 1.165) is 12.8 Å². The van der Waals surface area contributed by atoms with E-state index in [4.69, 9.17) is 9.84 Å². The SMILES string of the molecule is CC.CC.COC1=CCCC=C1O.